The maximum atomic E-state index is 11.3. The highest BCUT2D eigenvalue weighted by molar-refractivity contribution is 5.71. The van der Waals surface area contributed by atoms with Gasteiger partial charge in [-0.3, -0.25) is 4.79 Å². The second-order valence-corrected chi connectivity index (χ2v) is 4.83. The molecule has 0 aromatic heterocycles. The molecule has 0 spiro atoms. The van der Waals surface area contributed by atoms with Gasteiger partial charge in [0.25, 0.3) is 0 Å². The maximum absolute atomic E-state index is 11.3. The minimum atomic E-state index is -0.134. The van der Waals surface area contributed by atoms with E-state index < -0.39 is 0 Å². The van der Waals surface area contributed by atoms with E-state index in [1.807, 2.05) is 0 Å². The largest absolute Gasteiger partial charge is 0.465 e. The summed E-state index contributed by atoms with van der Waals surface area (Å²) in [5.74, 6) is 0.589. The van der Waals surface area contributed by atoms with Crippen LogP contribution in [-0.2, 0) is 9.53 Å². The van der Waals surface area contributed by atoms with E-state index in [2.05, 4.69) is 33.0 Å². The van der Waals surface area contributed by atoms with Crippen LogP contribution < -0.4 is 5.32 Å². The fraction of sp³-hybridized carbons (Fsp3) is 0.923. The lowest BCUT2D eigenvalue weighted by Crippen LogP contribution is -2.32. The molecule has 0 aromatic carbocycles. The van der Waals surface area contributed by atoms with Gasteiger partial charge in [0.15, 0.2) is 0 Å². The monoisotopic (exact) mass is 229 g/mol. The first-order valence-electron chi connectivity index (χ1n) is 6.45. The second kappa shape index (κ2) is 9.64. The highest BCUT2D eigenvalue weighted by Gasteiger charge is 2.06. The number of carbonyl (C=O) groups excluding carboxylic acids is 1. The number of hydrogen-bond donors (Lipinski definition) is 1. The Hall–Kier alpha value is -0.570. The molecule has 0 amide bonds. The maximum Gasteiger partial charge on any atom is 0.319 e. The van der Waals surface area contributed by atoms with Crippen LogP contribution in [0.1, 0.15) is 53.4 Å². The van der Waals surface area contributed by atoms with E-state index in [0.717, 1.165) is 25.2 Å². The average molecular weight is 229 g/mol. The van der Waals surface area contributed by atoms with Gasteiger partial charge in [0.2, 0.25) is 0 Å². The van der Waals surface area contributed by atoms with Gasteiger partial charge in [-0.2, -0.15) is 0 Å². The summed E-state index contributed by atoms with van der Waals surface area (Å²) < 4.78 is 5.06. The zero-order chi connectivity index (χ0) is 12.4. The van der Waals surface area contributed by atoms with Crippen LogP contribution in [0.5, 0.6) is 0 Å². The van der Waals surface area contributed by atoms with Crippen LogP contribution in [0.25, 0.3) is 0 Å². The van der Waals surface area contributed by atoms with Crippen molar-refractivity contribution in [3.63, 3.8) is 0 Å². The third-order valence-electron chi connectivity index (χ3n) is 2.53. The molecule has 1 atom stereocenters. The molecule has 0 saturated heterocycles. The molecule has 1 unspecified atom stereocenters. The molecule has 1 N–H and O–H groups in total. The van der Waals surface area contributed by atoms with Gasteiger partial charge in [0.1, 0.15) is 0 Å². The van der Waals surface area contributed by atoms with Crippen LogP contribution in [0.4, 0.5) is 0 Å². The first-order valence-corrected chi connectivity index (χ1v) is 6.45. The van der Waals surface area contributed by atoms with E-state index in [0.29, 0.717) is 19.2 Å². The molecule has 0 fully saturated rings. The quantitative estimate of drug-likeness (QED) is 0.488. The van der Waals surface area contributed by atoms with Gasteiger partial charge in [-0.1, -0.05) is 27.2 Å². The molecule has 0 aliphatic carbocycles. The number of hydrogen-bond acceptors (Lipinski definition) is 3. The minimum Gasteiger partial charge on any atom is -0.465 e. The van der Waals surface area contributed by atoms with E-state index in [1.165, 1.54) is 6.42 Å². The van der Waals surface area contributed by atoms with Gasteiger partial charge >= 0.3 is 5.97 Å². The predicted octanol–water partition coefficient (Wildman–Crippen LogP) is 2.74. The van der Waals surface area contributed by atoms with Gasteiger partial charge in [-0.15, -0.1) is 0 Å². The third kappa shape index (κ3) is 9.97. The molecule has 96 valence electrons. The molecule has 0 heterocycles. The third-order valence-corrected chi connectivity index (χ3v) is 2.53. The van der Waals surface area contributed by atoms with Gasteiger partial charge in [-0.25, -0.2) is 0 Å². The van der Waals surface area contributed by atoms with Crippen molar-refractivity contribution in [2.75, 3.05) is 13.2 Å². The molecule has 0 rings (SSSR count). The summed E-state index contributed by atoms with van der Waals surface area (Å²) in [6.45, 7) is 9.51. The minimum absolute atomic E-state index is 0.134. The summed E-state index contributed by atoms with van der Waals surface area (Å²) >= 11 is 0. The summed E-state index contributed by atoms with van der Waals surface area (Å²) in [6.07, 6.45) is 4.32. The Labute approximate surface area is 99.9 Å². The summed E-state index contributed by atoms with van der Waals surface area (Å²) in [5.41, 5.74) is 0. The average Bonchev–Trinajstić information content (AvgIpc) is 2.24. The Balaban J connectivity index is 3.43. The number of nitrogens with one attached hydrogen (secondary N) is 1. The second-order valence-electron chi connectivity index (χ2n) is 4.83. The standard InChI is InChI=1S/C13H27NO2/c1-5-6-9-16-13(15)10-14-12(4)8-7-11(2)3/h11-12,14H,5-10H2,1-4H3. The number of rotatable bonds is 9. The lowest BCUT2D eigenvalue weighted by molar-refractivity contribution is -0.142. The Kier molecular flexibility index (Phi) is 9.30. The van der Waals surface area contributed by atoms with Crippen molar-refractivity contribution >= 4 is 5.97 Å². The fourth-order valence-corrected chi connectivity index (χ4v) is 1.32. The number of unbranched alkanes of at least 4 members (excludes halogenated alkanes) is 1. The van der Waals surface area contributed by atoms with Crippen LogP contribution >= 0.6 is 0 Å². The molecular weight excluding hydrogens is 202 g/mol. The Bertz CT molecular complexity index is 181. The first-order chi connectivity index (χ1) is 7.56. The van der Waals surface area contributed by atoms with Crippen molar-refractivity contribution in [3.8, 4) is 0 Å². The van der Waals surface area contributed by atoms with Crippen molar-refractivity contribution in [1.82, 2.24) is 5.32 Å². The Morgan fingerprint density at radius 1 is 1.25 bits per heavy atom. The van der Waals surface area contributed by atoms with Crippen LogP contribution in [-0.4, -0.2) is 25.2 Å². The molecule has 0 aliphatic rings. The molecule has 16 heavy (non-hydrogen) atoms. The number of esters is 1. The molecule has 0 saturated carbocycles. The lowest BCUT2D eigenvalue weighted by Gasteiger charge is -2.14. The van der Waals surface area contributed by atoms with Crippen molar-refractivity contribution in [1.29, 1.82) is 0 Å². The van der Waals surface area contributed by atoms with Crippen molar-refractivity contribution in [3.05, 3.63) is 0 Å². The van der Waals surface area contributed by atoms with Crippen molar-refractivity contribution in [2.45, 2.75) is 59.4 Å². The highest BCUT2D eigenvalue weighted by Crippen LogP contribution is 2.05. The van der Waals surface area contributed by atoms with Crippen LogP contribution in [0.3, 0.4) is 0 Å². The summed E-state index contributed by atoms with van der Waals surface area (Å²) in [7, 11) is 0. The van der Waals surface area contributed by atoms with E-state index >= 15 is 0 Å². The molecule has 0 radical (unpaired) electrons. The van der Waals surface area contributed by atoms with E-state index in [1.54, 1.807) is 0 Å². The zero-order valence-corrected chi connectivity index (χ0v) is 11.2. The summed E-state index contributed by atoms with van der Waals surface area (Å²) in [6, 6.07) is 0.390. The van der Waals surface area contributed by atoms with Crippen molar-refractivity contribution in [2.24, 2.45) is 5.92 Å². The van der Waals surface area contributed by atoms with E-state index in [9.17, 15) is 4.79 Å². The van der Waals surface area contributed by atoms with Gasteiger partial charge in [0.05, 0.1) is 13.2 Å². The van der Waals surface area contributed by atoms with Gasteiger partial charge in [0, 0.05) is 6.04 Å². The molecule has 0 bridgehead atoms. The lowest BCUT2D eigenvalue weighted by atomic mass is 10.0. The van der Waals surface area contributed by atoms with E-state index in [-0.39, 0.29) is 5.97 Å². The normalized spacial score (nSPS) is 12.8. The van der Waals surface area contributed by atoms with Crippen LogP contribution in [0.2, 0.25) is 0 Å². The topological polar surface area (TPSA) is 38.3 Å². The summed E-state index contributed by atoms with van der Waals surface area (Å²) in [4.78, 5) is 11.3. The van der Waals surface area contributed by atoms with Gasteiger partial charge < -0.3 is 10.1 Å². The fourth-order valence-electron chi connectivity index (χ4n) is 1.32. The summed E-state index contributed by atoms with van der Waals surface area (Å²) in [5, 5.41) is 3.19. The molecule has 0 aliphatic heterocycles. The zero-order valence-electron chi connectivity index (χ0n) is 11.2. The Morgan fingerprint density at radius 2 is 1.94 bits per heavy atom. The SMILES string of the molecule is CCCCOC(=O)CNC(C)CCC(C)C. The molecule has 3 nitrogen and oxygen atoms in total. The Morgan fingerprint density at radius 3 is 2.50 bits per heavy atom. The van der Waals surface area contributed by atoms with Crippen molar-refractivity contribution < 1.29 is 9.53 Å². The van der Waals surface area contributed by atoms with E-state index in [4.69, 9.17) is 4.74 Å². The molecular formula is C13H27NO2. The molecule has 3 heteroatoms. The highest BCUT2D eigenvalue weighted by atomic mass is 16.5. The predicted molar refractivity (Wildman–Crippen MR) is 67.4 cm³/mol. The van der Waals surface area contributed by atoms with Crippen LogP contribution in [0.15, 0.2) is 0 Å². The number of ether oxygens (including phenoxy) is 1. The first kappa shape index (κ1) is 15.4. The smallest absolute Gasteiger partial charge is 0.319 e. The van der Waals surface area contributed by atoms with Gasteiger partial charge in [-0.05, 0) is 32.1 Å². The van der Waals surface area contributed by atoms with Crippen LogP contribution in [0, 0.1) is 5.92 Å². The number of carbonyl (C=O) groups is 1. The molecule has 0 aromatic rings.